The lowest BCUT2D eigenvalue weighted by atomic mass is 10.2. The van der Waals surface area contributed by atoms with Gasteiger partial charge in [-0.3, -0.25) is 0 Å². The minimum atomic E-state index is 0.170. The molecule has 18 heavy (non-hydrogen) atoms. The van der Waals surface area contributed by atoms with Gasteiger partial charge < -0.3 is 4.74 Å². The fourth-order valence-corrected chi connectivity index (χ4v) is 2.44. The van der Waals surface area contributed by atoms with E-state index in [4.69, 9.17) is 10.00 Å². The summed E-state index contributed by atoms with van der Waals surface area (Å²) >= 11 is 1.42. The second-order valence-electron chi connectivity index (χ2n) is 4.24. The maximum absolute atomic E-state index is 8.92. The van der Waals surface area contributed by atoms with Crippen LogP contribution in [0, 0.1) is 18.3 Å². The van der Waals surface area contributed by atoms with Crippen LogP contribution in [0.3, 0.4) is 0 Å². The van der Waals surface area contributed by atoms with Gasteiger partial charge in [-0.1, -0.05) is 0 Å². The highest BCUT2D eigenvalue weighted by molar-refractivity contribution is 7.15. The van der Waals surface area contributed by atoms with Crippen LogP contribution >= 0.6 is 11.3 Å². The van der Waals surface area contributed by atoms with Crippen molar-refractivity contribution in [2.24, 2.45) is 0 Å². The lowest BCUT2D eigenvalue weighted by Crippen LogP contribution is -2.05. The van der Waals surface area contributed by atoms with Crippen molar-refractivity contribution in [1.82, 2.24) is 4.98 Å². The van der Waals surface area contributed by atoms with E-state index >= 15 is 0 Å². The van der Waals surface area contributed by atoms with Crippen LogP contribution in [0.5, 0.6) is 5.75 Å². The number of hydrogen-bond acceptors (Lipinski definition) is 4. The Balaban J connectivity index is 2.26. The highest BCUT2D eigenvalue weighted by Gasteiger charge is 2.09. The predicted octanol–water partition coefficient (Wildman–Crippen LogP) is 3.78. The summed E-state index contributed by atoms with van der Waals surface area (Å²) in [4.78, 5) is 5.07. The molecule has 0 aliphatic carbocycles. The molecule has 1 aromatic carbocycles. The Bertz CT molecular complexity index is 579. The first kappa shape index (κ1) is 12.6. The maximum Gasteiger partial charge on any atom is 0.128 e. The molecule has 0 saturated carbocycles. The molecule has 0 radical (unpaired) electrons. The van der Waals surface area contributed by atoms with Gasteiger partial charge in [-0.2, -0.15) is 5.26 Å². The summed E-state index contributed by atoms with van der Waals surface area (Å²) in [5.74, 6) is 0.850. The van der Waals surface area contributed by atoms with Gasteiger partial charge in [-0.05, 0) is 45.0 Å². The van der Waals surface area contributed by atoms with Gasteiger partial charge in [-0.25, -0.2) is 4.98 Å². The highest BCUT2D eigenvalue weighted by atomic mass is 32.1. The van der Waals surface area contributed by atoms with Gasteiger partial charge in [0.2, 0.25) is 0 Å². The van der Waals surface area contributed by atoms with Crippen molar-refractivity contribution < 1.29 is 4.74 Å². The normalized spacial score (nSPS) is 10.4. The van der Waals surface area contributed by atoms with E-state index in [1.807, 2.05) is 45.0 Å². The Hall–Kier alpha value is -1.86. The number of hydrogen-bond donors (Lipinski definition) is 0. The van der Waals surface area contributed by atoms with Crippen molar-refractivity contribution in [2.45, 2.75) is 26.9 Å². The minimum absolute atomic E-state index is 0.170. The predicted molar refractivity (Wildman–Crippen MR) is 72.8 cm³/mol. The van der Waals surface area contributed by atoms with Crippen molar-refractivity contribution in [3.8, 4) is 22.4 Å². The van der Waals surface area contributed by atoms with Gasteiger partial charge in [0, 0.05) is 5.56 Å². The standard InChI is InChI=1S/C14H14N2OS/c1-9(2)17-12-6-4-11(5-7-12)14-16-10(3)13(8-15)18-14/h4-7,9H,1-3H3. The largest absolute Gasteiger partial charge is 0.491 e. The Kier molecular flexibility index (Phi) is 3.63. The zero-order valence-corrected chi connectivity index (χ0v) is 11.4. The quantitative estimate of drug-likeness (QED) is 0.841. The average molecular weight is 258 g/mol. The lowest BCUT2D eigenvalue weighted by Gasteiger charge is -2.09. The molecule has 0 aliphatic rings. The van der Waals surface area contributed by atoms with Crippen molar-refractivity contribution >= 4 is 11.3 Å². The van der Waals surface area contributed by atoms with Crippen LogP contribution in [0.1, 0.15) is 24.4 Å². The third kappa shape index (κ3) is 2.69. The molecule has 0 unspecified atom stereocenters. The molecular formula is C14H14N2OS. The molecule has 0 aliphatic heterocycles. The topological polar surface area (TPSA) is 45.9 Å². The number of nitriles is 1. The summed E-state index contributed by atoms with van der Waals surface area (Å²) in [6, 6.07) is 9.95. The van der Waals surface area contributed by atoms with Gasteiger partial charge in [0.1, 0.15) is 21.7 Å². The van der Waals surface area contributed by atoms with E-state index < -0.39 is 0 Å². The molecule has 3 nitrogen and oxygen atoms in total. The van der Waals surface area contributed by atoms with Crippen molar-refractivity contribution in [1.29, 1.82) is 5.26 Å². The summed E-state index contributed by atoms with van der Waals surface area (Å²) in [5, 5.41) is 9.80. The third-order valence-electron chi connectivity index (χ3n) is 2.37. The molecule has 0 fully saturated rings. The van der Waals surface area contributed by atoms with E-state index in [0.717, 1.165) is 22.0 Å². The van der Waals surface area contributed by atoms with E-state index in [1.54, 1.807) is 0 Å². The molecule has 1 aromatic heterocycles. The first-order valence-corrected chi connectivity index (χ1v) is 6.56. The second kappa shape index (κ2) is 5.19. The molecule has 2 aromatic rings. The van der Waals surface area contributed by atoms with Crippen LogP contribution in [-0.2, 0) is 0 Å². The number of thiazole rings is 1. The number of aryl methyl sites for hydroxylation is 1. The van der Waals surface area contributed by atoms with Gasteiger partial charge in [-0.15, -0.1) is 11.3 Å². The van der Waals surface area contributed by atoms with Crippen molar-refractivity contribution in [3.63, 3.8) is 0 Å². The van der Waals surface area contributed by atoms with Gasteiger partial charge >= 0.3 is 0 Å². The zero-order valence-electron chi connectivity index (χ0n) is 10.6. The SMILES string of the molecule is Cc1nc(-c2ccc(OC(C)C)cc2)sc1C#N. The molecule has 0 bridgehead atoms. The fourth-order valence-electron chi connectivity index (χ4n) is 1.57. The van der Waals surface area contributed by atoms with E-state index in [9.17, 15) is 0 Å². The van der Waals surface area contributed by atoms with Crippen molar-refractivity contribution in [2.75, 3.05) is 0 Å². The summed E-state index contributed by atoms with van der Waals surface area (Å²) in [7, 11) is 0. The molecule has 0 atom stereocenters. The number of nitrogens with zero attached hydrogens (tertiary/aromatic N) is 2. The fraction of sp³-hybridized carbons (Fsp3) is 0.286. The smallest absolute Gasteiger partial charge is 0.128 e. The third-order valence-corrected chi connectivity index (χ3v) is 3.48. The van der Waals surface area contributed by atoms with E-state index in [-0.39, 0.29) is 6.10 Å². The number of rotatable bonds is 3. The molecular weight excluding hydrogens is 244 g/mol. The van der Waals surface area contributed by atoms with Crippen LogP contribution in [-0.4, -0.2) is 11.1 Å². The number of benzene rings is 1. The van der Waals surface area contributed by atoms with Crippen LogP contribution in [0.2, 0.25) is 0 Å². The van der Waals surface area contributed by atoms with Crippen molar-refractivity contribution in [3.05, 3.63) is 34.8 Å². The number of aromatic nitrogens is 1. The monoisotopic (exact) mass is 258 g/mol. The summed E-state index contributed by atoms with van der Waals surface area (Å²) in [6.45, 7) is 5.85. The number of ether oxygens (including phenoxy) is 1. The zero-order chi connectivity index (χ0) is 13.1. The Morgan fingerprint density at radius 1 is 1.28 bits per heavy atom. The van der Waals surface area contributed by atoms with E-state index in [2.05, 4.69) is 11.1 Å². The summed E-state index contributed by atoms with van der Waals surface area (Å²) in [6.07, 6.45) is 0.170. The molecule has 0 N–H and O–H groups in total. The molecule has 0 amide bonds. The minimum Gasteiger partial charge on any atom is -0.491 e. The molecule has 0 saturated heterocycles. The second-order valence-corrected chi connectivity index (χ2v) is 5.24. The lowest BCUT2D eigenvalue weighted by molar-refractivity contribution is 0.242. The van der Waals surface area contributed by atoms with Gasteiger partial charge in [0.25, 0.3) is 0 Å². The first-order chi connectivity index (χ1) is 8.60. The summed E-state index contributed by atoms with van der Waals surface area (Å²) < 4.78 is 5.59. The Morgan fingerprint density at radius 2 is 1.94 bits per heavy atom. The van der Waals surface area contributed by atoms with Crippen LogP contribution < -0.4 is 4.74 Å². The molecule has 0 spiro atoms. The Morgan fingerprint density at radius 3 is 2.44 bits per heavy atom. The maximum atomic E-state index is 8.92. The van der Waals surface area contributed by atoms with Crippen LogP contribution in [0.15, 0.2) is 24.3 Å². The summed E-state index contributed by atoms with van der Waals surface area (Å²) in [5.41, 5.74) is 1.81. The van der Waals surface area contributed by atoms with Crippen LogP contribution in [0.4, 0.5) is 0 Å². The molecule has 1 heterocycles. The first-order valence-electron chi connectivity index (χ1n) is 5.74. The van der Waals surface area contributed by atoms with E-state index in [0.29, 0.717) is 4.88 Å². The molecule has 2 rings (SSSR count). The van der Waals surface area contributed by atoms with Gasteiger partial charge in [0.15, 0.2) is 0 Å². The molecule has 4 heteroatoms. The van der Waals surface area contributed by atoms with Gasteiger partial charge in [0.05, 0.1) is 11.8 Å². The van der Waals surface area contributed by atoms with E-state index in [1.165, 1.54) is 11.3 Å². The highest BCUT2D eigenvalue weighted by Crippen LogP contribution is 2.28. The Labute approximate surface area is 111 Å². The molecule has 92 valence electrons. The average Bonchev–Trinajstić information content (AvgIpc) is 2.71. The van der Waals surface area contributed by atoms with Crippen LogP contribution in [0.25, 0.3) is 10.6 Å².